The number of unbranched alkanes of at least 4 members (excludes halogenated alkanes) is 1. The molecule has 0 radical (unpaired) electrons. The maximum absolute atomic E-state index is 4.98. The van der Waals surface area contributed by atoms with Crippen LogP contribution in [0.5, 0.6) is 0 Å². The van der Waals surface area contributed by atoms with Crippen LogP contribution < -0.4 is 0 Å². The summed E-state index contributed by atoms with van der Waals surface area (Å²) >= 11 is 1.91. The molecule has 0 saturated heterocycles. The lowest BCUT2D eigenvalue weighted by atomic mass is 10.00. The number of fused-ring (bicyclic) bond motifs is 6. The average molecular weight is 789 g/mol. The summed E-state index contributed by atoms with van der Waals surface area (Å²) in [6.07, 6.45) is 3.56. The fourth-order valence-electron chi connectivity index (χ4n) is 8.60. The van der Waals surface area contributed by atoms with Gasteiger partial charge < -0.3 is 4.57 Å². The minimum atomic E-state index is 0.644. The zero-order valence-corrected chi connectivity index (χ0v) is 34.0. The van der Waals surface area contributed by atoms with Crippen LogP contribution in [0.2, 0.25) is 0 Å². The minimum Gasteiger partial charge on any atom is -0.309 e. The highest BCUT2D eigenvalue weighted by molar-refractivity contribution is 7.26. The Morgan fingerprint density at radius 3 is 1.80 bits per heavy atom. The molecule has 0 amide bonds. The topological polar surface area (TPSA) is 43.6 Å². The Labute approximate surface area is 353 Å². The lowest BCUT2D eigenvalue weighted by Crippen LogP contribution is -2.00. The number of hydrogen-bond acceptors (Lipinski definition) is 4. The molecule has 60 heavy (non-hydrogen) atoms. The summed E-state index contributed by atoms with van der Waals surface area (Å²) in [5.74, 6) is 1.95. The Morgan fingerprint density at radius 1 is 0.433 bits per heavy atom. The van der Waals surface area contributed by atoms with E-state index in [4.69, 9.17) is 15.0 Å². The Morgan fingerprint density at radius 2 is 1.05 bits per heavy atom. The zero-order chi connectivity index (χ0) is 40.0. The highest BCUT2D eigenvalue weighted by Crippen LogP contribution is 2.42. The first-order chi connectivity index (χ1) is 29.7. The van der Waals surface area contributed by atoms with Gasteiger partial charge in [0, 0.05) is 53.3 Å². The van der Waals surface area contributed by atoms with Crippen LogP contribution in [0.4, 0.5) is 0 Å². The molecule has 0 bridgehead atoms. The number of benzene rings is 8. The molecule has 3 heterocycles. The van der Waals surface area contributed by atoms with E-state index in [9.17, 15) is 0 Å². The first kappa shape index (κ1) is 35.9. The smallest absolute Gasteiger partial charge is 0.164 e. The van der Waals surface area contributed by atoms with E-state index in [-0.39, 0.29) is 0 Å². The van der Waals surface area contributed by atoms with E-state index in [0.717, 1.165) is 39.9 Å². The van der Waals surface area contributed by atoms with Crippen molar-refractivity contribution in [2.24, 2.45) is 0 Å². The summed E-state index contributed by atoms with van der Waals surface area (Å²) < 4.78 is 5.11. The normalized spacial score (nSPS) is 11.6. The molecule has 8 aromatic carbocycles. The predicted molar refractivity (Wildman–Crippen MR) is 253 cm³/mol. The van der Waals surface area contributed by atoms with Crippen molar-refractivity contribution in [3.8, 4) is 62.1 Å². The second-order valence-electron chi connectivity index (χ2n) is 15.5. The van der Waals surface area contributed by atoms with Crippen LogP contribution in [-0.2, 0) is 6.42 Å². The van der Waals surface area contributed by atoms with Crippen molar-refractivity contribution in [3.63, 3.8) is 0 Å². The molecule has 4 nitrogen and oxygen atoms in total. The predicted octanol–water partition coefficient (Wildman–Crippen LogP) is 15.0. The molecular weight excluding hydrogens is 749 g/mol. The van der Waals surface area contributed by atoms with Crippen LogP contribution in [-0.4, -0.2) is 19.5 Å². The van der Waals surface area contributed by atoms with Gasteiger partial charge in [0.15, 0.2) is 17.5 Å². The highest BCUT2D eigenvalue weighted by Gasteiger charge is 2.17. The van der Waals surface area contributed by atoms with Gasteiger partial charge in [-0.3, -0.25) is 0 Å². The van der Waals surface area contributed by atoms with Gasteiger partial charge in [-0.2, -0.15) is 0 Å². The van der Waals surface area contributed by atoms with Crippen LogP contribution in [0.15, 0.2) is 188 Å². The summed E-state index contributed by atoms with van der Waals surface area (Å²) in [4.78, 5) is 14.9. The number of aryl methyl sites for hydroxylation is 1. The summed E-state index contributed by atoms with van der Waals surface area (Å²) in [6, 6.07) is 67.3. The Bertz CT molecular complexity index is 3290. The molecule has 3 aromatic heterocycles. The van der Waals surface area contributed by atoms with Crippen molar-refractivity contribution in [2.45, 2.75) is 26.2 Å². The van der Waals surface area contributed by atoms with E-state index in [1.165, 1.54) is 71.5 Å². The molecule has 0 aliphatic rings. The number of nitrogens with zero attached hydrogens (tertiary/aromatic N) is 4. The molecule has 0 aliphatic heterocycles. The molecule has 0 saturated carbocycles. The Kier molecular flexibility index (Phi) is 9.09. The number of hydrogen-bond donors (Lipinski definition) is 0. The Hall–Kier alpha value is -7.21. The minimum absolute atomic E-state index is 0.644. The lowest BCUT2D eigenvalue weighted by molar-refractivity contribution is 0.796. The van der Waals surface area contributed by atoms with Gasteiger partial charge in [0.05, 0.1) is 11.0 Å². The molecule has 0 spiro atoms. The van der Waals surface area contributed by atoms with Gasteiger partial charge in [-0.05, 0) is 83.1 Å². The quantitative estimate of drug-likeness (QED) is 0.146. The third-order valence-corrected chi connectivity index (χ3v) is 12.9. The summed E-state index contributed by atoms with van der Waals surface area (Å²) in [6.45, 7) is 2.26. The SMILES string of the molecule is CCCCc1ccc2sc3c(-c4ccc5c6ccccc6n(-c6ccc(-c7cccc(-c8nc(-c9ccccc9)nc(-c9ccccc9)n8)c7)cc6)c5c4)cccc3c2c1. The van der Waals surface area contributed by atoms with E-state index in [2.05, 4.69) is 139 Å². The van der Waals surface area contributed by atoms with Crippen LogP contribution in [0.25, 0.3) is 104 Å². The van der Waals surface area contributed by atoms with Gasteiger partial charge in [0.1, 0.15) is 0 Å². The van der Waals surface area contributed by atoms with Crippen LogP contribution in [0.1, 0.15) is 25.3 Å². The van der Waals surface area contributed by atoms with E-state index in [1.54, 1.807) is 0 Å². The number of aromatic nitrogens is 4. The molecule has 11 aromatic rings. The molecule has 0 atom stereocenters. The standard InChI is InChI=1S/C55H40N4S/c1-2-3-14-36-25-32-51-48(33-36)47-23-13-22-44(52(47)60-51)41-28-31-46-45-21-10-11-24-49(45)59(50(46)35-41)43-29-26-37(27-30-43)40-19-12-20-42(34-40)55-57-53(38-15-6-4-7-16-38)56-54(58-55)39-17-8-5-9-18-39/h4-13,15-35H,2-3,14H2,1H3. The van der Waals surface area contributed by atoms with Crippen LogP contribution in [0.3, 0.4) is 0 Å². The van der Waals surface area contributed by atoms with E-state index in [0.29, 0.717) is 17.5 Å². The Balaban J connectivity index is 0.979. The van der Waals surface area contributed by atoms with E-state index in [1.807, 2.05) is 72.0 Å². The first-order valence-electron chi connectivity index (χ1n) is 20.7. The second-order valence-corrected chi connectivity index (χ2v) is 16.5. The molecule has 286 valence electrons. The average Bonchev–Trinajstić information content (AvgIpc) is 3.86. The maximum atomic E-state index is 4.98. The third-order valence-electron chi connectivity index (χ3n) is 11.6. The van der Waals surface area contributed by atoms with E-state index >= 15 is 0 Å². The van der Waals surface area contributed by atoms with Crippen LogP contribution in [0, 0.1) is 0 Å². The van der Waals surface area contributed by atoms with Gasteiger partial charge in [0.25, 0.3) is 0 Å². The van der Waals surface area contributed by atoms with Gasteiger partial charge in [-0.25, -0.2) is 15.0 Å². The van der Waals surface area contributed by atoms with Gasteiger partial charge >= 0.3 is 0 Å². The number of para-hydroxylation sites is 1. The zero-order valence-electron chi connectivity index (χ0n) is 33.2. The van der Waals surface area contributed by atoms with Gasteiger partial charge in [-0.15, -0.1) is 11.3 Å². The largest absolute Gasteiger partial charge is 0.309 e. The molecule has 5 heteroatoms. The van der Waals surface area contributed by atoms with Crippen LogP contribution >= 0.6 is 11.3 Å². The van der Waals surface area contributed by atoms with E-state index < -0.39 is 0 Å². The third kappa shape index (κ3) is 6.44. The van der Waals surface area contributed by atoms with Gasteiger partial charge in [0.2, 0.25) is 0 Å². The van der Waals surface area contributed by atoms with Crippen molar-refractivity contribution in [1.82, 2.24) is 19.5 Å². The van der Waals surface area contributed by atoms with Gasteiger partial charge in [-0.1, -0.05) is 159 Å². The fourth-order valence-corrected chi connectivity index (χ4v) is 9.82. The second kappa shape index (κ2) is 15.2. The monoisotopic (exact) mass is 788 g/mol. The summed E-state index contributed by atoms with van der Waals surface area (Å²) in [7, 11) is 0. The van der Waals surface area contributed by atoms with Crippen molar-refractivity contribution < 1.29 is 0 Å². The van der Waals surface area contributed by atoms with Crippen molar-refractivity contribution in [2.75, 3.05) is 0 Å². The van der Waals surface area contributed by atoms with Crippen molar-refractivity contribution in [1.29, 1.82) is 0 Å². The molecule has 11 rings (SSSR count). The molecule has 0 aliphatic carbocycles. The summed E-state index contributed by atoms with van der Waals surface area (Å²) in [5, 5.41) is 5.21. The first-order valence-corrected chi connectivity index (χ1v) is 21.6. The summed E-state index contributed by atoms with van der Waals surface area (Å²) in [5.41, 5.74) is 12.5. The van der Waals surface area contributed by atoms with Crippen molar-refractivity contribution >= 4 is 53.3 Å². The molecule has 0 N–H and O–H groups in total. The molecule has 0 unspecified atom stereocenters. The number of thiophene rings is 1. The highest BCUT2D eigenvalue weighted by atomic mass is 32.1. The molecule has 0 fully saturated rings. The molecular formula is C55H40N4S. The lowest BCUT2D eigenvalue weighted by Gasteiger charge is -2.12. The maximum Gasteiger partial charge on any atom is 0.164 e. The number of rotatable bonds is 9. The fraction of sp³-hybridized carbons (Fsp3) is 0.0727. The van der Waals surface area contributed by atoms with Crippen molar-refractivity contribution in [3.05, 3.63) is 194 Å².